The Labute approximate surface area is 131 Å². The van der Waals surface area contributed by atoms with Crippen LogP contribution >= 0.6 is 11.6 Å². The van der Waals surface area contributed by atoms with E-state index in [1.54, 1.807) is 13.1 Å². The number of methoxy groups -OCH3 is 1. The molecular weight excluding hydrogens is 311 g/mol. The molecule has 0 atom stereocenters. The summed E-state index contributed by atoms with van der Waals surface area (Å²) in [6.07, 6.45) is 0. The highest BCUT2D eigenvalue weighted by atomic mass is 35.5. The number of hydrogen-bond donors (Lipinski definition) is 1. The van der Waals surface area contributed by atoms with Gasteiger partial charge in [0.2, 0.25) is 0 Å². The first-order valence-electron chi connectivity index (χ1n) is 6.43. The smallest absolute Gasteiger partial charge is 0.312 e. The predicted octanol–water partition coefficient (Wildman–Crippen LogP) is 3.78. The zero-order valence-corrected chi connectivity index (χ0v) is 12.8. The molecule has 0 radical (unpaired) electrons. The van der Waals surface area contributed by atoms with E-state index in [-0.39, 0.29) is 16.5 Å². The van der Waals surface area contributed by atoms with Crippen molar-refractivity contribution in [2.45, 2.75) is 6.54 Å². The van der Waals surface area contributed by atoms with Gasteiger partial charge in [-0.3, -0.25) is 10.1 Å². The fourth-order valence-corrected chi connectivity index (χ4v) is 2.46. The van der Waals surface area contributed by atoms with E-state index < -0.39 is 10.7 Å². The van der Waals surface area contributed by atoms with Gasteiger partial charge in [0.15, 0.2) is 5.75 Å². The van der Waals surface area contributed by atoms with E-state index in [1.807, 2.05) is 0 Å². The second-order valence-electron chi connectivity index (χ2n) is 4.59. The van der Waals surface area contributed by atoms with Gasteiger partial charge in [-0.25, -0.2) is 4.39 Å². The van der Waals surface area contributed by atoms with Gasteiger partial charge in [0.05, 0.1) is 17.1 Å². The lowest BCUT2D eigenvalue weighted by Gasteiger charge is -2.13. The lowest BCUT2D eigenvalue weighted by molar-refractivity contribution is -0.385. The average molecular weight is 325 g/mol. The number of hydrogen-bond acceptors (Lipinski definition) is 4. The van der Waals surface area contributed by atoms with Crippen molar-refractivity contribution in [2.24, 2.45) is 0 Å². The molecule has 1 N–H and O–H groups in total. The van der Waals surface area contributed by atoms with E-state index in [9.17, 15) is 14.5 Å². The normalized spacial score (nSPS) is 10.5. The largest absolute Gasteiger partial charge is 0.490 e. The summed E-state index contributed by atoms with van der Waals surface area (Å²) in [5.41, 5.74) is 1.63. The zero-order valence-electron chi connectivity index (χ0n) is 12.0. The molecule has 0 aliphatic heterocycles. The van der Waals surface area contributed by atoms with Gasteiger partial charge in [-0.2, -0.15) is 0 Å². The summed E-state index contributed by atoms with van der Waals surface area (Å²) in [4.78, 5) is 10.4. The van der Waals surface area contributed by atoms with Crippen LogP contribution in [0.4, 0.5) is 10.1 Å². The standard InChI is InChI=1S/C15H14ClFN2O3/c1-18-8-9-3-4-10(17)5-11(9)12-6-15(22-2)14(19(20)21)7-13(12)16/h3-7,18H,8H2,1-2H3. The Balaban J connectivity index is 2.67. The Morgan fingerprint density at radius 1 is 1.32 bits per heavy atom. The molecule has 0 aliphatic carbocycles. The predicted molar refractivity (Wildman–Crippen MR) is 82.8 cm³/mol. The van der Waals surface area contributed by atoms with Crippen LogP contribution in [0.25, 0.3) is 11.1 Å². The van der Waals surface area contributed by atoms with Crippen molar-refractivity contribution in [3.8, 4) is 16.9 Å². The second kappa shape index (κ2) is 6.72. The Hall–Kier alpha value is -2.18. The number of nitro groups is 1. The zero-order chi connectivity index (χ0) is 16.3. The van der Waals surface area contributed by atoms with Crippen molar-refractivity contribution in [2.75, 3.05) is 14.2 Å². The Kier molecular flexibility index (Phi) is 4.95. The van der Waals surface area contributed by atoms with Gasteiger partial charge in [0.25, 0.3) is 0 Å². The molecule has 0 heterocycles. The molecule has 22 heavy (non-hydrogen) atoms. The molecule has 2 aromatic rings. The number of ether oxygens (including phenoxy) is 1. The third-order valence-corrected chi connectivity index (χ3v) is 3.51. The summed E-state index contributed by atoms with van der Waals surface area (Å²) in [5, 5.41) is 14.1. The number of benzene rings is 2. The quantitative estimate of drug-likeness (QED) is 0.671. The first-order chi connectivity index (χ1) is 10.5. The molecule has 0 bridgehead atoms. The highest BCUT2D eigenvalue weighted by Crippen LogP contribution is 2.39. The lowest BCUT2D eigenvalue weighted by Crippen LogP contribution is -2.07. The van der Waals surface area contributed by atoms with Gasteiger partial charge in [-0.05, 0) is 36.4 Å². The third-order valence-electron chi connectivity index (χ3n) is 3.19. The fourth-order valence-electron chi connectivity index (χ4n) is 2.20. The number of nitrogens with zero attached hydrogens (tertiary/aromatic N) is 1. The molecule has 0 aliphatic rings. The van der Waals surface area contributed by atoms with Gasteiger partial charge >= 0.3 is 5.69 Å². The van der Waals surface area contributed by atoms with Gasteiger partial charge in [-0.15, -0.1) is 0 Å². The maximum atomic E-state index is 13.6. The van der Waals surface area contributed by atoms with Crippen molar-refractivity contribution in [1.82, 2.24) is 5.32 Å². The second-order valence-corrected chi connectivity index (χ2v) is 5.00. The van der Waals surface area contributed by atoms with E-state index in [0.717, 1.165) is 5.56 Å². The molecule has 0 saturated heterocycles. The Bertz CT molecular complexity index is 722. The highest BCUT2D eigenvalue weighted by molar-refractivity contribution is 6.33. The Morgan fingerprint density at radius 2 is 2.05 bits per heavy atom. The van der Waals surface area contributed by atoms with E-state index in [0.29, 0.717) is 17.7 Å². The van der Waals surface area contributed by atoms with Gasteiger partial charge in [0.1, 0.15) is 5.82 Å². The highest BCUT2D eigenvalue weighted by Gasteiger charge is 2.20. The first-order valence-corrected chi connectivity index (χ1v) is 6.81. The molecule has 0 saturated carbocycles. The topological polar surface area (TPSA) is 64.4 Å². The van der Waals surface area contributed by atoms with Crippen molar-refractivity contribution in [3.05, 3.63) is 56.8 Å². The molecule has 0 aromatic heterocycles. The van der Waals surface area contributed by atoms with E-state index in [2.05, 4.69) is 5.32 Å². The number of nitro benzene ring substituents is 1. The fraction of sp³-hybridized carbons (Fsp3) is 0.200. The maximum absolute atomic E-state index is 13.6. The molecule has 116 valence electrons. The minimum Gasteiger partial charge on any atom is -0.490 e. The summed E-state index contributed by atoms with van der Waals surface area (Å²) in [7, 11) is 3.10. The molecule has 0 spiro atoms. The van der Waals surface area contributed by atoms with E-state index in [1.165, 1.54) is 31.4 Å². The van der Waals surface area contributed by atoms with Gasteiger partial charge in [-0.1, -0.05) is 17.7 Å². The van der Waals surface area contributed by atoms with Crippen molar-refractivity contribution in [1.29, 1.82) is 0 Å². The summed E-state index contributed by atoms with van der Waals surface area (Å²) in [6.45, 7) is 0.505. The van der Waals surface area contributed by atoms with Crippen LogP contribution in [0.15, 0.2) is 30.3 Å². The molecule has 0 unspecified atom stereocenters. The summed E-state index contributed by atoms with van der Waals surface area (Å²) in [6, 6.07) is 7.01. The number of nitrogens with one attached hydrogen (secondary N) is 1. The molecule has 0 amide bonds. The van der Waals surface area contributed by atoms with E-state index >= 15 is 0 Å². The summed E-state index contributed by atoms with van der Waals surface area (Å²) < 4.78 is 18.6. The van der Waals surface area contributed by atoms with Crippen LogP contribution in [0, 0.1) is 15.9 Å². The number of rotatable bonds is 5. The lowest BCUT2D eigenvalue weighted by atomic mass is 9.98. The van der Waals surface area contributed by atoms with Crippen molar-refractivity contribution in [3.63, 3.8) is 0 Å². The maximum Gasteiger partial charge on any atom is 0.312 e. The van der Waals surface area contributed by atoms with Crippen LogP contribution in [-0.4, -0.2) is 19.1 Å². The minimum atomic E-state index is -0.575. The molecular formula is C15H14ClFN2O3. The van der Waals surface area contributed by atoms with Crippen LogP contribution in [0.5, 0.6) is 5.75 Å². The third kappa shape index (κ3) is 3.18. The van der Waals surface area contributed by atoms with E-state index in [4.69, 9.17) is 16.3 Å². The van der Waals surface area contributed by atoms with Crippen LogP contribution in [0.1, 0.15) is 5.56 Å². The van der Waals surface area contributed by atoms with Crippen molar-refractivity contribution < 1.29 is 14.1 Å². The van der Waals surface area contributed by atoms with Crippen LogP contribution in [0.2, 0.25) is 5.02 Å². The molecule has 5 nitrogen and oxygen atoms in total. The molecule has 2 rings (SSSR count). The van der Waals surface area contributed by atoms with Gasteiger partial charge in [0, 0.05) is 18.2 Å². The van der Waals surface area contributed by atoms with Gasteiger partial charge < -0.3 is 10.1 Å². The van der Waals surface area contributed by atoms with Crippen LogP contribution < -0.4 is 10.1 Å². The van der Waals surface area contributed by atoms with Crippen LogP contribution in [0.3, 0.4) is 0 Å². The van der Waals surface area contributed by atoms with Crippen molar-refractivity contribution >= 4 is 17.3 Å². The minimum absolute atomic E-state index is 0.0732. The number of halogens is 2. The summed E-state index contributed by atoms with van der Waals surface area (Å²) >= 11 is 6.16. The Morgan fingerprint density at radius 3 is 2.64 bits per heavy atom. The summed E-state index contributed by atoms with van der Waals surface area (Å²) in [5.74, 6) is -0.340. The monoisotopic (exact) mass is 324 g/mol. The van der Waals surface area contributed by atoms with Crippen LogP contribution in [-0.2, 0) is 6.54 Å². The average Bonchev–Trinajstić information content (AvgIpc) is 2.49. The molecule has 0 fully saturated rings. The SMILES string of the molecule is CNCc1ccc(F)cc1-c1cc(OC)c([N+](=O)[O-])cc1Cl. The molecule has 2 aromatic carbocycles. The first kappa shape index (κ1) is 16.2. The molecule has 7 heteroatoms.